The molecule has 120 valence electrons. The topological polar surface area (TPSA) is 70.6 Å². The van der Waals surface area contributed by atoms with Crippen LogP contribution >= 0.6 is 0 Å². The molecule has 0 saturated heterocycles. The highest BCUT2D eigenvalue weighted by atomic mass is 32.2. The predicted molar refractivity (Wildman–Crippen MR) is 89.8 cm³/mol. The summed E-state index contributed by atoms with van der Waals surface area (Å²) in [5.41, 5.74) is 0. The molecular formula is C16H23N3O2S. The Bertz CT molecular complexity index is 616. The molecule has 0 unspecified atom stereocenters. The van der Waals surface area contributed by atoms with Crippen LogP contribution in [-0.4, -0.2) is 39.8 Å². The average Bonchev–Trinajstić information content (AvgIpc) is 3.04. The third-order valence-corrected chi connectivity index (χ3v) is 5.37. The third kappa shape index (κ3) is 4.87. The van der Waals surface area contributed by atoms with E-state index < -0.39 is 9.84 Å². The predicted octanol–water partition coefficient (Wildman–Crippen LogP) is 1.73. The SMILES string of the molecule is CN=C(NCCCS(=O)(=O)c1ccccc1)NC1CC=CC1. The van der Waals surface area contributed by atoms with Gasteiger partial charge in [0.05, 0.1) is 10.6 Å². The van der Waals surface area contributed by atoms with Crippen LogP contribution in [0.3, 0.4) is 0 Å². The summed E-state index contributed by atoms with van der Waals surface area (Å²) in [5.74, 6) is 0.859. The molecule has 5 nitrogen and oxygen atoms in total. The molecule has 0 aromatic heterocycles. The Kier molecular flexibility index (Phi) is 6.00. The van der Waals surface area contributed by atoms with Crippen molar-refractivity contribution < 1.29 is 8.42 Å². The number of benzene rings is 1. The van der Waals surface area contributed by atoms with Crippen LogP contribution in [0.15, 0.2) is 52.4 Å². The summed E-state index contributed by atoms with van der Waals surface area (Å²) in [5, 5.41) is 6.49. The summed E-state index contributed by atoms with van der Waals surface area (Å²) >= 11 is 0. The van der Waals surface area contributed by atoms with Crippen molar-refractivity contribution in [1.82, 2.24) is 10.6 Å². The monoisotopic (exact) mass is 321 g/mol. The van der Waals surface area contributed by atoms with Crippen molar-refractivity contribution in [2.24, 2.45) is 4.99 Å². The lowest BCUT2D eigenvalue weighted by atomic mass is 10.2. The fourth-order valence-corrected chi connectivity index (χ4v) is 3.67. The lowest BCUT2D eigenvalue weighted by molar-refractivity contribution is 0.591. The lowest BCUT2D eigenvalue weighted by Gasteiger charge is -2.16. The van der Waals surface area contributed by atoms with Gasteiger partial charge in [-0.1, -0.05) is 30.4 Å². The van der Waals surface area contributed by atoms with Gasteiger partial charge in [-0.15, -0.1) is 0 Å². The van der Waals surface area contributed by atoms with Crippen LogP contribution in [0.1, 0.15) is 19.3 Å². The number of sulfone groups is 1. The zero-order chi connectivity index (χ0) is 15.8. The maximum absolute atomic E-state index is 12.1. The van der Waals surface area contributed by atoms with Crippen molar-refractivity contribution in [2.45, 2.75) is 30.2 Å². The second kappa shape index (κ2) is 7.98. The Hall–Kier alpha value is -1.82. The van der Waals surface area contributed by atoms with Crippen LogP contribution < -0.4 is 10.6 Å². The molecule has 0 bridgehead atoms. The van der Waals surface area contributed by atoms with Gasteiger partial charge in [0.25, 0.3) is 0 Å². The fourth-order valence-electron chi connectivity index (χ4n) is 2.34. The molecule has 0 atom stereocenters. The van der Waals surface area contributed by atoms with Crippen LogP contribution in [0.5, 0.6) is 0 Å². The normalized spacial score (nSPS) is 16.0. The Morgan fingerprint density at radius 3 is 2.55 bits per heavy atom. The van der Waals surface area contributed by atoms with Crippen molar-refractivity contribution in [3.63, 3.8) is 0 Å². The van der Waals surface area contributed by atoms with E-state index in [1.54, 1.807) is 31.3 Å². The van der Waals surface area contributed by atoms with Gasteiger partial charge < -0.3 is 10.6 Å². The highest BCUT2D eigenvalue weighted by Gasteiger charge is 2.14. The fraction of sp³-hybridized carbons (Fsp3) is 0.438. The van der Waals surface area contributed by atoms with E-state index in [2.05, 4.69) is 27.8 Å². The third-order valence-electron chi connectivity index (χ3n) is 3.56. The molecule has 0 heterocycles. The number of aliphatic imine (C=N–C) groups is 1. The van der Waals surface area contributed by atoms with Crippen LogP contribution in [0.4, 0.5) is 0 Å². The minimum absolute atomic E-state index is 0.131. The Morgan fingerprint density at radius 1 is 1.23 bits per heavy atom. The van der Waals surface area contributed by atoms with E-state index in [1.807, 2.05) is 6.07 Å². The average molecular weight is 321 g/mol. The maximum Gasteiger partial charge on any atom is 0.191 e. The highest BCUT2D eigenvalue weighted by molar-refractivity contribution is 7.91. The van der Waals surface area contributed by atoms with Gasteiger partial charge in [0.1, 0.15) is 0 Å². The summed E-state index contributed by atoms with van der Waals surface area (Å²) in [6.07, 6.45) is 6.85. The van der Waals surface area contributed by atoms with Crippen molar-refractivity contribution in [2.75, 3.05) is 19.3 Å². The number of nitrogens with zero attached hydrogens (tertiary/aromatic N) is 1. The largest absolute Gasteiger partial charge is 0.356 e. The smallest absolute Gasteiger partial charge is 0.191 e. The standard InChI is InChI=1S/C16H23N3O2S/c1-17-16(19-14-8-5-6-9-14)18-12-7-13-22(20,21)15-10-3-2-4-11-15/h2-6,10-11,14H,7-9,12-13H2,1H3,(H2,17,18,19). The van der Waals surface area contributed by atoms with Gasteiger partial charge in [0.15, 0.2) is 15.8 Å². The highest BCUT2D eigenvalue weighted by Crippen LogP contribution is 2.11. The zero-order valence-corrected chi connectivity index (χ0v) is 13.6. The van der Waals surface area contributed by atoms with E-state index in [9.17, 15) is 8.42 Å². The van der Waals surface area contributed by atoms with Gasteiger partial charge in [0.2, 0.25) is 0 Å². The van der Waals surface area contributed by atoms with Crippen LogP contribution in [-0.2, 0) is 9.84 Å². The van der Waals surface area contributed by atoms with E-state index in [0.717, 1.165) is 18.8 Å². The van der Waals surface area contributed by atoms with E-state index in [-0.39, 0.29) is 5.75 Å². The lowest BCUT2D eigenvalue weighted by Crippen LogP contribution is -2.43. The molecule has 1 aliphatic carbocycles. The molecule has 2 N–H and O–H groups in total. The molecule has 2 rings (SSSR count). The Labute approximate surface area is 132 Å². The van der Waals surface area contributed by atoms with E-state index in [0.29, 0.717) is 23.9 Å². The summed E-state index contributed by atoms with van der Waals surface area (Å²) in [7, 11) is -1.48. The van der Waals surface area contributed by atoms with Crippen molar-refractivity contribution in [3.05, 3.63) is 42.5 Å². The minimum atomic E-state index is -3.20. The number of hydrogen-bond donors (Lipinski definition) is 2. The number of hydrogen-bond acceptors (Lipinski definition) is 3. The van der Waals surface area contributed by atoms with Crippen molar-refractivity contribution in [3.8, 4) is 0 Å². The number of rotatable bonds is 6. The summed E-state index contributed by atoms with van der Waals surface area (Å²) in [6, 6.07) is 8.96. The molecule has 0 spiro atoms. The molecule has 1 aliphatic rings. The van der Waals surface area contributed by atoms with E-state index in [1.165, 1.54) is 0 Å². The minimum Gasteiger partial charge on any atom is -0.356 e. The van der Waals surface area contributed by atoms with Crippen LogP contribution in [0, 0.1) is 0 Å². The van der Waals surface area contributed by atoms with Crippen molar-refractivity contribution >= 4 is 15.8 Å². The summed E-state index contributed by atoms with van der Waals surface area (Å²) in [4.78, 5) is 4.54. The number of guanidine groups is 1. The van der Waals surface area contributed by atoms with Gasteiger partial charge in [-0.2, -0.15) is 0 Å². The number of nitrogens with one attached hydrogen (secondary N) is 2. The molecule has 22 heavy (non-hydrogen) atoms. The van der Waals surface area contributed by atoms with Crippen LogP contribution in [0.2, 0.25) is 0 Å². The van der Waals surface area contributed by atoms with Gasteiger partial charge in [-0.25, -0.2) is 8.42 Å². The Balaban J connectivity index is 1.74. The molecule has 1 aromatic carbocycles. The first-order chi connectivity index (χ1) is 10.6. The van der Waals surface area contributed by atoms with Crippen molar-refractivity contribution in [1.29, 1.82) is 0 Å². The molecule has 0 aliphatic heterocycles. The molecule has 0 radical (unpaired) electrons. The maximum atomic E-state index is 12.1. The first-order valence-electron chi connectivity index (χ1n) is 7.52. The summed E-state index contributed by atoms with van der Waals surface area (Å²) < 4.78 is 24.3. The first kappa shape index (κ1) is 16.5. The van der Waals surface area contributed by atoms with E-state index in [4.69, 9.17) is 0 Å². The van der Waals surface area contributed by atoms with E-state index >= 15 is 0 Å². The first-order valence-corrected chi connectivity index (χ1v) is 9.17. The molecular weight excluding hydrogens is 298 g/mol. The van der Waals surface area contributed by atoms with Gasteiger partial charge in [0, 0.05) is 19.6 Å². The molecule has 0 fully saturated rings. The molecule has 0 saturated carbocycles. The van der Waals surface area contributed by atoms with Crippen LogP contribution in [0.25, 0.3) is 0 Å². The summed E-state index contributed by atoms with van der Waals surface area (Å²) in [6.45, 7) is 0.575. The zero-order valence-electron chi connectivity index (χ0n) is 12.8. The second-order valence-corrected chi connectivity index (χ2v) is 7.38. The molecule has 6 heteroatoms. The second-order valence-electron chi connectivity index (χ2n) is 5.27. The van der Waals surface area contributed by atoms with Gasteiger partial charge in [-0.3, -0.25) is 4.99 Å². The quantitative estimate of drug-likeness (QED) is 0.362. The van der Waals surface area contributed by atoms with Gasteiger partial charge >= 0.3 is 0 Å². The molecule has 1 aromatic rings. The Morgan fingerprint density at radius 2 is 1.91 bits per heavy atom. The molecule has 0 amide bonds. The van der Waals surface area contributed by atoms with Gasteiger partial charge in [-0.05, 0) is 31.4 Å².